The highest BCUT2D eigenvalue weighted by atomic mass is 16.2. The van der Waals surface area contributed by atoms with Gasteiger partial charge in [-0.05, 0) is 25.2 Å². The molecule has 1 aliphatic heterocycles. The van der Waals surface area contributed by atoms with Gasteiger partial charge in [-0.2, -0.15) is 0 Å². The van der Waals surface area contributed by atoms with Crippen LogP contribution in [-0.4, -0.2) is 78.6 Å². The maximum Gasteiger partial charge on any atom is 0.247 e. The van der Waals surface area contributed by atoms with Crippen LogP contribution in [0.1, 0.15) is 45.4 Å². The molecule has 0 aromatic rings. The first-order valence-corrected chi connectivity index (χ1v) is 11.6. The SMILES string of the molecule is CCC(NC(=O)CNC=O)C(=O)N1CC=CC1C(=O)NCC(=O)NC(C(N)=O)C1CCCCC1. The molecule has 12 heteroatoms. The van der Waals surface area contributed by atoms with Crippen molar-refractivity contribution >= 4 is 35.9 Å². The first kappa shape index (κ1) is 26.8. The third-order valence-corrected chi connectivity index (χ3v) is 6.06. The van der Waals surface area contributed by atoms with E-state index in [0.717, 1.165) is 32.1 Å². The lowest BCUT2D eigenvalue weighted by Gasteiger charge is -2.29. The van der Waals surface area contributed by atoms with Crippen LogP contribution < -0.4 is 27.0 Å². The van der Waals surface area contributed by atoms with E-state index < -0.39 is 47.7 Å². The second-order valence-electron chi connectivity index (χ2n) is 8.45. The van der Waals surface area contributed by atoms with Crippen LogP contribution in [0.4, 0.5) is 0 Å². The molecule has 2 rings (SSSR count). The van der Waals surface area contributed by atoms with Gasteiger partial charge in [-0.15, -0.1) is 0 Å². The molecule has 6 amide bonds. The number of carbonyl (C=O) groups excluding carboxylic acids is 6. The van der Waals surface area contributed by atoms with E-state index in [-0.39, 0.29) is 32.0 Å². The minimum atomic E-state index is -0.940. The summed E-state index contributed by atoms with van der Waals surface area (Å²) in [5.41, 5.74) is 5.48. The Kier molecular flexibility index (Phi) is 10.5. The van der Waals surface area contributed by atoms with Gasteiger partial charge in [0.2, 0.25) is 35.9 Å². The van der Waals surface area contributed by atoms with Crippen LogP contribution in [0.2, 0.25) is 0 Å². The van der Waals surface area contributed by atoms with E-state index in [1.807, 2.05) is 0 Å². The fourth-order valence-corrected chi connectivity index (χ4v) is 4.28. The van der Waals surface area contributed by atoms with Gasteiger partial charge < -0.3 is 31.9 Å². The predicted molar refractivity (Wildman–Crippen MR) is 122 cm³/mol. The maximum absolute atomic E-state index is 12.9. The number of hydrogen-bond donors (Lipinski definition) is 5. The zero-order valence-electron chi connectivity index (χ0n) is 19.4. The van der Waals surface area contributed by atoms with Gasteiger partial charge in [0.15, 0.2) is 0 Å². The number of amides is 6. The van der Waals surface area contributed by atoms with Crippen LogP contribution in [-0.2, 0) is 28.8 Å². The number of nitrogens with one attached hydrogen (secondary N) is 4. The van der Waals surface area contributed by atoms with Crippen LogP contribution in [0, 0.1) is 5.92 Å². The standard InChI is InChI=1S/C22H34N6O6/c1-2-15(26-17(30)11-24-13-29)22(34)28-10-6-9-16(28)21(33)25-12-18(31)27-19(20(23)32)14-7-4-3-5-8-14/h6,9,13-16,19H,2-5,7-8,10-12H2,1H3,(H2,23,32)(H,24,29)(H,25,33)(H,26,30)(H,27,31). The lowest BCUT2D eigenvalue weighted by molar-refractivity contribution is -0.141. The normalized spacial score (nSPS) is 19.6. The van der Waals surface area contributed by atoms with Crippen molar-refractivity contribution in [2.24, 2.45) is 11.7 Å². The van der Waals surface area contributed by atoms with Crippen molar-refractivity contribution in [3.05, 3.63) is 12.2 Å². The van der Waals surface area contributed by atoms with E-state index in [9.17, 15) is 28.8 Å². The summed E-state index contributed by atoms with van der Waals surface area (Å²) in [5, 5.41) is 9.88. The van der Waals surface area contributed by atoms with Gasteiger partial charge in [0, 0.05) is 6.54 Å². The molecule has 1 aliphatic carbocycles. The molecule has 2 aliphatic rings. The largest absolute Gasteiger partial charge is 0.368 e. The van der Waals surface area contributed by atoms with E-state index in [1.54, 1.807) is 19.1 Å². The zero-order chi connectivity index (χ0) is 25.1. The molecule has 0 radical (unpaired) electrons. The van der Waals surface area contributed by atoms with Crippen molar-refractivity contribution in [3.8, 4) is 0 Å². The van der Waals surface area contributed by atoms with Crippen molar-refractivity contribution in [2.45, 2.75) is 63.6 Å². The maximum atomic E-state index is 12.9. The molecule has 1 saturated carbocycles. The van der Waals surface area contributed by atoms with Gasteiger partial charge in [0.05, 0.1) is 13.1 Å². The number of primary amides is 1. The van der Waals surface area contributed by atoms with Crippen LogP contribution in [0.25, 0.3) is 0 Å². The van der Waals surface area contributed by atoms with Gasteiger partial charge in [0.1, 0.15) is 18.1 Å². The monoisotopic (exact) mass is 478 g/mol. The smallest absolute Gasteiger partial charge is 0.247 e. The third kappa shape index (κ3) is 7.56. The Hall–Kier alpha value is -3.44. The molecular formula is C22H34N6O6. The summed E-state index contributed by atoms with van der Waals surface area (Å²) in [4.78, 5) is 73.3. The summed E-state index contributed by atoms with van der Waals surface area (Å²) in [7, 11) is 0. The molecule has 12 nitrogen and oxygen atoms in total. The Morgan fingerprint density at radius 2 is 1.74 bits per heavy atom. The molecule has 0 aromatic carbocycles. The highest BCUT2D eigenvalue weighted by Crippen LogP contribution is 2.26. The Morgan fingerprint density at radius 1 is 1.06 bits per heavy atom. The van der Waals surface area contributed by atoms with Gasteiger partial charge in [-0.25, -0.2) is 0 Å². The van der Waals surface area contributed by atoms with Gasteiger partial charge in [-0.3, -0.25) is 28.8 Å². The number of nitrogens with zero attached hydrogens (tertiary/aromatic N) is 1. The van der Waals surface area contributed by atoms with Crippen molar-refractivity contribution in [1.29, 1.82) is 0 Å². The van der Waals surface area contributed by atoms with E-state index in [4.69, 9.17) is 5.73 Å². The van der Waals surface area contributed by atoms with Gasteiger partial charge in [-0.1, -0.05) is 38.3 Å². The average molecular weight is 479 g/mol. The molecule has 0 bridgehead atoms. The fraction of sp³-hybridized carbons (Fsp3) is 0.636. The Bertz CT molecular complexity index is 810. The van der Waals surface area contributed by atoms with E-state index in [2.05, 4.69) is 21.3 Å². The summed E-state index contributed by atoms with van der Waals surface area (Å²) in [6, 6.07) is -2.59. The second kappa shape index (κ2) is 13.3. The minimum Gasteiger partial charge on any atom is -0.368 e. The topological polar surface area (TPSA) is 180 Å². The molecule has 3 atom stereocenters. The van der Waals surface area contributed by atoms with Crippen LogP contribution in [0.15, 0.2) is 12.2 Å². The molecule has 188 valence electrons. The average Bonchev–Trinajstić information content (AvgIpc) is 3.33. The van der Waals surface area contributed by atoms with Crippen LogP contribution in [0.3, 0.4) is 0 Å². The molecule has 0 spiro atoms. The van der Waals surface area contributed by atoms with Gasteiger partial charge >= 0.3 is 0 Å². The highest BCUT2D eigenvalue weighted by Gasteiger charge is 2.35. The minimum absolute atomic E-state index is 0.0142. The number of nitrogens with two attached hydrogens (primary N) is 1. The number of hydrogen-bond acceptors (Lipinski definition) is 6. The van der Waals surface area contributed by atoms with E-state index in [0.29, 0.717) is 6.41 Å². The lowest BCUT2D eigenvalue weighted by atomic mass is 9.83. The van der Waals surface area contributed by atoms with Gasteiger partial charge in [0.25, 0.3) is 0 Å². The molecule has 0 aromatic heterocycles. The van der Waals surface area contributed by atoms with Crippen molar-refractivity contribution in [2.75, 3.05) is 19.6 Å². The third-order valence-electron chi connectivity index (χ3n) is 6.06. The Labute approximate surface area is 198 Å². The summed E-state index contributed by atoms with van der Waals surface area (Å²) in [5.74, 6) is -2.70. The molecule has 3 unspecified atom stereocenters. The fourth-order valence-electron chi connectivity index (χ4n) is 4.28. The lowest BCUT2D eigenvalue weighted by Crippen LogP contribution is -2.56. The van der Waals surface area contributed by atoms with Crippen LogP contribution >= 0.6 is 0 Å². The summed E-state index contributed by atoms with van der Waals surface area (Å²) in [6.07, 6.45) is 8.53. The zero-order valence-corrected chi connectivity index (χ0v) is 19.4. The molecular weight excluding hydrogens is 444 g/mol. The highest BCUT2D eigenvalue weighted by molar-refractivity contribution is 5.96. The molecule has 34 heavy (non-hydrogen) atoms. The first-order chi connectivity index (χ1) is 16.3. The van der Waals surface area contributed by atoms with Crippen LogP contribution in [0.5, 0.6) is 0 Å². The molecule has 1 fully saturated rings. The van der Waals surface area contributed by atoms with E-state index in [1.165, 1.54) is 4.90 Å². The van der Waals surface area contributed by atoms with E-state index >= 15 is 0 Å². The number of rotatable bonds is 12. The quantitative estimate of drug-likeness (QED) is 0.161. The first-order valence-electron chi connectivity index (χ1n) is 11.6. The summed E-state index contributed by atoms with van der Waals surface area (Å²) in [6.45, 7) is 1.25. The molecule has 6 N–H and O–H groups in total. The summed E-state index contributed by atoms with van der Waals surface area (Å²) >= 11 is 0. The van der Waals surface area contributed by atoms with Crippen molar-refractivity contribution in [1.82, 2.24) is 26.2 Å². The predicted octanol–water partition coefficient (Wildman–Crippen LogP) is -1.94. The number of carbonyl (C=O) groups is 6. The molecule has 1 heterocycles. The second-order valence-corrected chi connectivity index (χ2v) is 8.45. The molecule has 0 saturated heterocycles. The Morgan fingerprint density at radius 3 is 2.35 bits per heavy atom. The van der Waals surface area contributed by atoms with Crippen molar-refractivity contribution in [3.63, 3.8) is 0 Å². The summed E-state index contributed by atoms with van der Waals surface area (Å²) < 4.78 is 0. The Balaban J connectivity index is 1.90. The van der Waals surface area contributed by atoms with Crippen molar-refractivity contribution < 1.29 is 28.8 Å².